The van der Waals surface area contributed by atoms with E-state index in [2.05, 4.69) is 10.6 Å². The van der Waals surface area contributed by atoms with Gasteiger partial charge in [-0.3, -0.25) is 24.0 Å². The largest absolute Gasteiger partial charge is 0.490 e. The average Bonchev–Trinajstić information content (AvgIpc) is 4.22. The number of hydrogen-bond donors (Lipinski definition) is 5. The van der Waals surface area contributed by atoms with Crippen LogP contribution in [0, 0.1) is 17.8 Å². The molecule has 3 rings (SSSR count). The number of halogens is 3. The van der Waals surface area contributed by atoms with Crippen molar-refractivity contribution in [2.75, 3.05) is 120 Å². The average molecular weight is 1180 g/mol. The zero-order valence-electron chi connectivity index (χ0n) is 49.4. The van der Waals surface area contributed by atoms with E-state index in [0.717, 1.165) is 5.56 Å². The molecule has 2 saturated heterocycles. The normalized spacial score (nSPS) is 18.8. The van der Waals surface area contributed by atoms with Gasteiger partial charge in [0.25, 0.3) is 0 Å². The van der Waals surface area contributed by atoms with Gasteiger partial charge in [-0.25, -0.2) is 9.59 Å². The summed E-state index contributed by atoms with van der Waals surface area (Å²) in [5, 5.41) is 22.8. The third-order valence-electron chi connectivity index (χ3n) is 14.6. The summed E-state index contributed by atoms with van der Waals surface area (Å²) in [4.78, 5) is 96.5. The summed E-state index contributed by atoms with van der Waals surface area (Å²) >= 11 is 0. The van der Waals surface area contributed by atoms with Crippen LogP contribution in [0.25, 0.3) is 0 Å². The first-order chi connectivity index (χ1) is 38.9. The van der Waals surface area contributed by atoms with E-state index in [1.165, 1.54) is 14.2 Å². The Labute approximate surface area is 481 Å². The lowest BCUT2D eigenvalue weighted by Gasteiger charge is -2.41. The summed E-state index contributed by atoms with van der Waals surface area (Å²) in [6.45, 7) is 17.3. The quantitative estimate of drug-likeness (QED) is 0.0591. The van der Waals surface area contributed by atoms with Gasteiger partial charge in [0.2, 0.25) is 29.5 Å². The Hall–Kier alpha value is -5.06. The molecule has 82 heavy (non-hydrogen) atoms. The van der Waals surface area contributed by atoms with Crippen molar-refractivity contribution in [3.63, 3.8) is 0 Å². The number of aliphatic carboxylic acids is 2. The number of carbonyl (C=O) groups excluding carboxylic acids is 5. The monoisotopic (exact) mass is 1180 g/mol. The number of likely N-dealkylation sites (N-methyl/N-ethyl adjacent to an activating group) is 1. The first-order valence-electron chi connectivity index (χ1n) is 28.2. The van der Waals surface area contributed by atoms with Crippen LogP contribution in [0.1, 0.15) is 92.1 Å². The molecule has 2 aliphatic heterocycles. The van der Waals surface area contributed by atoms with E-state index in [4.69, 9.17) is 53.5 Å². The summed E-state index contributed by atoms with van der Waals surface area (Å²) in [5.74, 6) is -6.89. The number of methoxy groups -OCH3 is 2. The number of likely N-dealkylation sites (tertiary alicyclic amines) is 2. The van der Waals surface area contributed by atoms with Crippen LogP contribution in [-0.4, -0.2) is 235 Å². The summed E-state index contributed by atoms with van der Waals surface area (Å²) in [7, 11) is 4.67. The van der Waals surface area contributed by atoms with Gasteiger partial charge in [0.1, 0.15) is 17.6 Å². The van der Waals surface area contributed by atoms with Crippen molar-refractivity contribution in [2.45, 2.75) is 141 Å². The van der Waals surface area contributed by atoms with Gasteiger partial charge in [-0.2, -0.15) is 13.2 Å². The van der Waals surface area contributed by atoms with Crippen molar-refractivity contribution in [3.05, 3.63) is 35.9 Å². The van der Waals surface area contributed by atoms with E-state index in [9.17, 15) is 47.0 Å². The molecular weight excluding hydrogens is 1090 g/mol. The highest BCUT2D eigenvalue weighted by Gasteiger charge is 2.48. The highest BCUT2D eigenvalue weighted by molar-refractivity contribution is 5.95. The number of nitrogens with one attached hydrogen (secondary N) is 2. The molecule has 0 radical (unpaired) electrons. The molecule has 0 aromatic heterocycles. The molecular formula is C56H93F3N6O17. The van der Waals surface area contributed by atoms with Gasteiger partial charge in [0.15, 0.2) is 0 Å². The van der Waals surface area contributed by atoms with Crippen molar-refractivity contribution < 1.29 is 94.8 Å². The van der Waals surface area contributed by atoms with E-state index in [1.54, 1.807) is 47.7 Å². The van der Waals surface area contributed by atoms with E-state index in [1.807, 2.05) is 45.9 Å². The molecule has 0 spiro atoms. The van der Waals surface area contributed by atoms with E-state index in [0.29, 0.717) is 118 Å². The Morgan fingerprint density at radius 3 is 1.76 bits per heavy atom. The predicted octanol–water partition coefficient (Wildman–Crippen LogP) is 3.32. The van der Waals surface area contributed by atoms with Gasteiger partial charge in [-0.1, -0.05) is 71.4 Å². The summed E-state index contributed by atoms with van der Waals surface area (Å²) in [5.41, 5.74) is 4.95. The van der Waals surface area contributed by atoms with Crippen molar-refractivity contribution in [3.8, 4) is 0 Å². The SMILES string of the molecule is CC[C@H](C)[C@@H]([C@@H](CC(=O)N1CCC[C@H]1[C@H](OC)[C@@H](C)C(=O)N[C@@H](Cc1ccccc1)C(=O)O)OC)N(C)C(=O)[C@@H](NC(=O)[C@]1(C)CCCN1C(=O)CCOCCOCCOCCOCCOCCOCCN)C(C)C.O=C(O)C(F)(F)F. The maximum Gasteiger partial charge on any atom is 0.490 e. The third kappa shape index (κ3) is 24.6. The molecule has 26 heteroatoms. The molecule has 23 nitrogen and oxygen atoms in total. The molecule has 2 aliphatic rings. The number of rotatable bonds is 39. The van der Waals surface area contributed by atoms with Gasteiger partial charge in [-0.05, 0) is 50.0 Å². The first-order valence-corrected chi connectivity index (χ1v) is 28.2. The molecule has 1 aromatic carbocycles. The van der Waals surface area contributed by atoms with Crippen molar-refractivity contribution in [1.29, 1.82) is 0 Å². The van der Waals surface area contributed by atoms with Crippen LogP contribution < -0.4 is 16.4 Å². The molecule has 0 saturated carbocycles. The van der Waals surface area contributed by atoms with E-state index >= 15 is 0 Å². The second kappa shape index (κ2) is 38.7. The van der Waals surface area contributed by atoms with Crippen LogP contribution in [0.15, 0.2) is 30.3 Å². The first kappa shape index (κ1) is 73.0. The Bertz CT molecular complexity index is 2060. The van der Waals surface area contributed by atoms with Crippen LogP contribution in [0.3, 0.4) is 0 Å². The fraction of sp³-hybridized carbons (Fsp3) is 0.768. The zero-order chi connectivity index (χ0) is 61.4. The lowest BCUT2D eigenvalue weighted by molar-refractivity contribution is -0.192. The number of nitrogens with zero attached hydrogens (tertiary/aromatic N) is 3. The second-order valence-electron chi connectivity index (χ2n) is 20.8. The van der Waals surface area contributed by atoms with Crippen LogP contribution >= 0.6 is 0 Å². The van der Waals surface area contributed by atoms with Crippen molar-refractivity contribution in [1.82, 2.24) is 25.3 Å². The summed E-state index contributed by atoms with van der Waals surface area (Å²) < 4.78 is 76.6. The number of hydrogen-bond acceptors (Lipinski definition) is 16. The molecule has 2 heterocycles. The molecule has 0 bridgehead atoms. The summed E-state index contributed by atoms with van der Waals surface area (Å²) in [6, 6.07) is 5.90. The van der Waals surface area contributed by atoms with E-state index < -0.39 is 77.8 Å². The lowest BCUT2D eigenvalue weighted by Crippen LogP contribution is -2.62. The lowest BCUT2D eigenvalue weighted by atomic mass is 9.89. The van der Waals surface area contributed by atoms with Crippen LogP contribution in [-0.2, 0) is 77.9 Å². The number of ether oxygens (including phenoxy) is 8. The number of alkyl halides is 3. The van der Waals surface area contributed by atoms with Gasteiger partial charge in [-0.15, -0.1) is 0 Å². The number of carboxylic acid groups (broad SMARTS) is 2. The zero-order valence-corrected chi connectivity index (χ0v) is 49.4. The van der Waals surface area contributed by atoms with Gasteiger partial charge < -0.3 is 79.2 Å². The molecule has 0 aliphatic carbocycles. The maximum absolute atomic E-state index is 14.7. The van der Waals surface area contributed by atoms with E-state index in [-0.39, 0.29) is 62.0 Å². The minimum Gasteiger partial charge on any atom is -0.480 e. The minimum atomic E-state index is -5.08. The molecule has 6 N–H and O–H groups in total. The molecule has 2 fully saturated rings. The fourth-order valence-corrected chi connectivity index (χ4v) is 9.87. The summed E-state index contributed by atoms with van der Waals surface area (Å²) in [6.07, 6.45) is -3.51. The molecule has 1 aromatic rings. The second-order valence-corrected chi connectivity index (χ2v) is 20.8. The smallest absolute Gasteiger partial charge is 0.480 e. The van der Waals surface area contributed by atoms with Crippen LogP contribution in [0.5, 0.6) is 0 Å². The van der Waals surface area contributed by atoms with Gasteiger partial charge >= 0.3 is 18.1 Å². The third-order valence-corrected chi connectivity index (χ3v) is 14.6. The van der Waals surface area contributed by atoms with Crippen molar-refractivity contribution >= 4 is 41.5 Å². The standard InChI is InChI=1S/C54H92N6O15.C2HF3O2/c1-10-39(4)48(44(68-8)37-46(62)59-22-14-18-43(59)49(69-9)40(5)50(63)56-42(52(65)66)36-41-16-12-11-13-17-41)58(7)51(64)47(38(2)3)57-53(67)54(6)20-15-23-60(54)45(61)19-24-70-26-28-72-30-32-74-34-35-75-33-31-73-29-27-71-25-21-55;3-2(4,5)1(6)7/h11-13,16-17,38-40,42-44,47-49H,10,14-15,18-37,55H2,1-9H3,(H,56,63)(H,57,67)(H,65,66);(H,6,7)/t39-,40+,42-,43-,44+,47-,48-,49+,54-;/m0./s1. The van der Waals surface area contributed by atoms with Gasteiger partial charge in [0, 0.05) is 47.3 Å². The molecule has 5 amide bonds. The minimum absolute atomic E-state index is 0.0726. The fourth-order valence-electron chi connectivity index (χ4n) is 9.87. The number of carboxylic acids is 2. The Balaban J connectivity index is 0.00000307. The molecule has 470 valence electrons. The van der Waals surface area contributed by atoms with Crippen LogP contribution in [0.2, 0.25) is 0 Å². The highest BCUT2D eigenvalue weighted by atomic mass is 19.4. The Kier molecular flexibility index (Phi) is 34.5. The predicted molar refractivity (Wildman–Crippen MR) is 294 cm³/mol. The number of carbonyl (C=O) groups is 7. The highest BCUT2D eigenvalue weighted by Crippen LogP contribution is 2.32. The van der Waals surface area contributed by atoms with Crippen molar-refractivity contribution in [2.24, 2.45) is 23.5 Å². The van der Waals surface area contributed by atoms with Crippen LogP contribution in [0.4, 0.5) is 13.2 Å². The Morgan fingerprint density at radius 1 is 0.768 bits per heavy atom. The number of nitrogens with two attached hydrogens (primary N) is 1. The number of benzene rings is 1. The topological polar surface area (TPSA) is 294 Å². The molecule has 9 atom stereocenters. The number of amides is 5. The maximum atomic E-state index is 14.7. The molecule has 0 unspecified atom stereocenters. The van der Waals surface area contributed by atoms with Gasteiger partial charge in [0.05, 0.1) is 122 Å². The Morgan fingerprint density at radius 2 is 1.29 bits per heavy atom.